The number of carboxylic acid groups (broad SMARTS) is 1. The molecule has 3 atom stereocenters. The summed E-state index contributed by atoms with van der Waals surface area (Å²) in [5.74, 6) is -1.67. The van der Waals surface area contributed by atoms with E-state index in [1.807, 2.05) is 36.4 Å². The molecule has 0 spiro atoms. The Morgan fingerprint density at radius 2 is 1.69 bits per heavy atom. The number of benzene rings is 2. The quantitative estimate of drug-likeness (QED) is 0.595. The van der Waals surface area contributed by atoms with Crippen LogP contribution in [-0.2, 0) is 19.1 Å². The molecule has 0 radical (unpaired) electrons. The number of likely N-dealkylation sites (tertiary alicyclic amines) is 1. The van der Waals surface area contributed by atoms with Crippen molar-refractivity contribution in [2.75, 3.05) is 40.9 Å². The fraction of sp³-hybridized carbons (Fsp3) is 0.423. The molecule has 0 bridgehead atoms. The third-order valence-electron chi connectivity index (χ3n) is 6.65. The van der Waals surface area contributed by atoms with E-state index in [1.54, 1.807) is 19.0 Å². The van der Waals surface area contributed by atoms with Gasteiger partial charge in [-0.3, -0.25) is 4.79 Å². The van der Waals surface area contributed by atoms with Gasteiger partial charge in [-0.05, 0) is 36.3 Å². The first-order chi connectivity index (χ1) is 16.8. The number of hydrogen-bond acceptors (Lipinski definition) is 6. The van der Waals surface area contributed by atoms with Gasteiger partial charge >= 0.3 is 12.1 Å². The van der Waals surface area contributed by atoms with E-state index in [-0.39, 0.29) is 38.1 Å². The normalized spacial score (nSPS) is 19.8. The zero-order valence-electron chi connectivity index (χ0n) is 20.1. The molecule has 0 aromatic heterocycles. The molecule has 2 N–H and O–H groups in total. The first-order valence-corrected chi connectivity index (χ1v) is 11.6. The average Bonchev–Trinajstić information content (AvgIpc) is 3.41. The highest BCUT2D eigenvalue weighted by Gasteiger charge is 2.42. The fourth-order valence-corrected chi connectivity index (χ4v) is 4.98. The monoisotopic (exact) mass is 481 g/mol. The average molecular weight is 482 g/mol. The molecule has 9 heteroatoms. The number of fused-ring (bicyclic) bond motifs is 3. The van der Waals surface area contributed by atoms with Crippen LogP contribution in [-0.4, -0.2) is 92.0 Å². The molecule has 1 aliphatic carbocycles. The van der Waals surface area contributed by atoms with E-state index in [9.17, 15) is 19.5 Å². The minimum Gasteiger partial charge on any atom is -0.480 e. The van der Waals surface area contributed by atoms with E-state index >= 15 is 0 Å². The molecule has 2 aromatic carbocycles. The van der Waals surface area contributed by atoms with Crippen LogP contribution in [0.2, 0.25) is 0 Å². The van der Waals surface area contributed by atoms with Crippen molar-refractivity contribution in [3.8, 4) is 11.1 Å². The number of hydrogen-bond donors (Lipinski definition) is 2. The molecule has 9 nitrogen and oxygen atoms in total. The number of methoxy groups -OCH3 is 1. The van der Waals surface area contributed by atoms with Crippen LogP contribution in [0.1, 0.15) is 23.5 Å². The molecule has 3 unspecified atom stereocenters. The summed E-state index contributed by atoms with van der Waals surface area (Å²) in [6, 6.07) is 14.1. The summed E-state index contributed by atoms with van der Waals surface area (Å²) < 4.78 is 10.9. The SMILES string of the molecule is COC1CC(C(=O)O)N(C(=O)C(CN(C)C)NC(=O)OCC2c3ccccc3-c3ccccc32)C1. The first-order valence-electron chi connectivity index (χ1n) is 11.6. The lowest BCUT2D eigenvalue weighted by Gasteiger charge is -2.28. The second-order valence-corrected chi connectivity index (χ2v) is 9.22. The van der Waals surface area contributed by atoms with Crippen molar-refractivity contribution in [1.29, 1.82) is 0 Å². The molecule has 2 aliphatic rings. The van der Waals surface area contributed by atoms with Crippen molar-refractivity contribution < 1.29 is 29.0 Å². The Morgan fingerprint density at radius 3 is 2.23 bits per heavy atom. The molecule has 1 fully saturated rings. The van der Waals surface area contributed by atoms with Crippen LogP contribution in [0.3, 0.4) is 0 Å². The molecule has 0 saturated carbocycles. The van der Waals surface area contributed by atoms with Crippen LogP contribution < -0.4 is 5.32 Å². The van der Waals surface area contributed by atoms with Crippen LogP contribution in [0.5, 0.6) is 0 Å². The van der Waals surface area contributed by atoms with E-state index in [0.717, 1.165) is 22.3 Å². The van der Waals surface area contributed by atoms with Crippen LogP contribution in [0, 0.1) is 0 Å². The maximum Gasteiger partial charge on any atom is 0.407 e. The third kappa shape index (κ3) is 5.16. The Bertz CT molecular complexity index is 1060. The van der Waals surface area contributed by atoms with Crippen molar-refractivity contribution in [2.45, 2.75) is 30.5 Å². The van der Waals surface area contributed by atoms with Gasteiger partial charge in [0.2, 0.25) is 5.91 Å². The van der Waals surface area contributed by atoms with Crippen LogP contribution in [0.25, 0.3) is 11.1 Å². The summed E-state index contributed by atoms with van der Waals surface area (Å²) in [6.45, 7) is 0.474. The number of carbonyl (C=O) groups excluding carboxylic acids is 2. The lowest BCUT2D eigenvalue weighted by atomic mass is 9.98. The number of nitrogens with zero attached hydrogens (tertiary/aromatic N) is 2. The summed E-state index contributed by atoms with van der Waals surface area (Å²) in [5.41, 5.74) is 4.43. The van der Waals surface area contributed by atoms with Gasteiger partial charge in [0.1, 0.15) is 18.7 Å². The Hall–Kier alpha value is -3.43. The number of carboxylic acids is 1. The van der Waals surface area contributed by atoms with Gasteiger partial charge in [0.25, 0.3) is 0 Å². The lowest BCUT2D eigenvalue weighted by Crippen LogP contribution is -2.55. The van der Waals surface area contributed by atoms with Gasteiger partial charge in [0, 0.05) is 32.5 Å². The summed E-state index contributed by atoms with van der Waals surface area (Å²) in [5, 5.41) is 12.2. The second kappa shape index (κ2) is 10.5. The molecule has 2 aromatic rings. The number of likely N-dealkylation sites (N-methyl/N-ethyl adjacent to an activating group) is 1. The highest BCUT2D eigenvalue weighted by Crippen LogP contribution is 2.44. The Kier molecular flexibility index (Phi) is 7.37. The number of ether oxygens (including phenoxy) is 2. The summed E-state index contributed by atoms with van der Waals surface area (Å²) in [7, 11) is 5.04. The fourth-order valence-electron chi connectivity index (χ4n) is 4.98. The van der Waals surface area contributed by atoms with E-state index in [4.69, 9.17) is 9.47 Å². The molecular formula is C26H31N3O6. The Morgan fingerprint density at radius 1 is 1.09 bits per heavy atom. The molecule has 1 heterocycles. The lowest BCUT2D eigenvalue weighted by molar-refractivity contribution is -0.149. The zero-order chi connectivity index (χ0) is 25.1. The molecular weight excluding hydrogens is 450 g/mol. The minimum absolute atomic E-state index is 0.103. The van der Waals surface area contributed by atoms with Gasteiger partial charge in [-0.1, -0.05) is 48.5 Å². The zero-order valence-corrected chi connectivity index (χ0v) is 20.1. The van der Waals surface area contributed by atoms with Crippen LogP contribution in [0.4, 0.5) is 4.79 Å². The molecule has 1 aliphatic heterocycles. The number of alkyl carbamates (subject to hydrolysis) is 1. The van der Waals surface area contributed by atoms with Gasteiger partial charge in [-0.25, -0.2) is 9.59 Å². The van der Waals surface area contributed by atoms with Crippen molar-refractivity contribution >= 4 is 18.0 Å². The van der Waals surface area contributed by atoms with Crippen LogP contribution in [0.15, 0.2) is 48.5 Å². The van der Waals surface area contributed by atoms with Gasteiger partial charge in [-0.2, -0.15) is 0 Å². The largest absolute Gasteiger partial charge is 0.480 e. The smallest absolute Gasteiger partial charge is 0.407 e. The summed E-state index contributed by atoms with van der Waals surface area (Å²) in [4.78, 5) is 40.8. The van der Waals surface area contributed by atoms with Gasteiger partial charge in [0.15, 0.2) is 0 Å². The predicted molar refractivity (Wildman–Crippen MR) is 129 cm³/mol. The molecule has 186 valence electrons. The highest BCUT2D eigenvalue weighted by atomic mass is 16.5. The van der Waals surface area contributed by atoms with E-state index in [1.165, 1.54) is 12.0 Å². The number of carbonyl (C=O) groups is 3. The predicted octanol–water partition coefficient (Wildman–Crippen LogP) is 2.16. The second-order valence-electron chi connectivity index (χ2n) is 9.22. The molecule has 2 amide bonds. The molecule has 35 heavy (non-hydrogen) atoms. The first kappa shape index (κ1) is 24.7. The number of amides is 2. The van der Waals surface area contributed by atoms with Crippen molar-refractivity contribution in [1.82, 2.24) is 15.1 Å². The van der Waals surface area contributed by atoms with E-state index in [0.29, 0.717) is 0 Å². The van der Waals surface area contributed by atoms with E-state index < -0.39 is 30.1 Å². The van der Waals surface area contributed by atoms with Gasteiger partial charge in [-0.15, -0.1) is 0 Å². The standard InChI is InChI=1S/C26H31N3O6/c1-28(2)14-22(24(30)29-13-16(34-3)12-23(29)25(31)32)27-26(33)35-15-21-19-10-6-4-8-17(19)18-9-5-7-11-20(18)21/h4-11,16,21-23H,12-15H2,1-3H3,(H,27,33)(H,31,32). The topological polar surface area (TPSA) is 108 Å². The number of aliphatic carboxylic acids is 1. The number of rotatable bonds is 8. The molecule has 4 rings (SSSR count). The third-order valence-corrected chi connectivity index (χ3v) is 6.65. The Balaban J connectivity index is 1.45. The maximum absolute atomic E-state index is 13.3. The summed E-state index contributed by atoms with van der Waals surface area (Å²) in [6.07, 6.45) is -0.882. The van der Waals surface area contributed by atoms with Crippen LogP contribution >= 0.6 is 0 Å². The van der Waals surface area contributed by atoms with Crippen molar-refractivity contribution in [3.63, 3.8) is 0 Å². The van der Waals surface area contributed by atoms with Gasteiger partial charge < -0.3 is 29.7 Å². The van der Waals surface area contributed by atoms with Crippen molar-refractivity contribution in [3.05, 3.63) is 59.7 Å². The highest BCUT2D eigenvalue weighted by molar-refractivity contribution is 5.90. The minimum atomic E-state index is -1.09. The maximum atomic E-state index is 13.3. The number of nitrogens with one attached hydrogen (secondary N) is 1. The van der Waals surface area contributed by atoms with E-state index in [2.05, 4.69) is 17.4 Å². The van der Waals surface area contributed by atoms with Gasteiger partial charge in [0.05, 0.1) is 6.10 Å². The summed E-state index contributed by atoms with van der Waals surface area (Å²) >= 11 is 0. The molecule has 1 saturated heterocycles. The Labute approximate surface area is 204 Å². The van der Waals surface area contributed by atoms with Crippen molar-refractivity contribution in [2.24, 2.45) is 0 Å².